The van der Waals surface area contributed by atoms with Gasteiger partial charge in [-0.3, -0.25) is 4.98 Å². The van der Waals surface area contributed by atoms with Gasteiger partial charge in [-0.2, -0.15) is 0 Å². The molecule has 76 valence electrons. The maximum absolute atomic E-state index is 5.96. The van der Waals surface area contributed by atoms with E-state index in [0.29, 0.717) is 5.15 Å². The van der Waals surface area contributed by atoms with Crippen molar-refractivity contribution < 1.29 is 0 Å². The van der Waals surface area contributed by atoms with Gasteiger partial charge in [0, 0.05) is 18.6 Å². The molecular formula is C12H11ClN2. The van der Waals surface area contributed by atoms with Crippen molar-refractivity contribution in [3.63, 3.8) is 0 Å². The molecule has 0 aliphatic carbocycles. The molecule has 0 saturated carbocycles. The predicted molar refractivity (Wildman–Crippen MR) is 60.9 cm³/mol. The second-order valence-electron chi connectivity index (χ2n) is 3.31. The van der Waals surface area contributed by atoms with Crippen LogP contribution in [0.3, 0.4) is 0 Å². The smallest absolute Gasteiger partial charge is 0.132 e. The molecule has 2 nitrogen and oxygen atoms in total. The Kier molecular flexibility index (Phi) is 3.30. The number of nitrogens with zero attached hydrogens (tertiary/aromatic N) is 2. The average molecular weight is 219 g/mol. The zero-order chi connectivity index (χ0) is 10.5. The van der Waals surface area contributed by atoms with Gasteiger partial charge < -0.3 is 0 Å². The number of halogens is 1. The molecule has 0 N–H and O–H groups in total. The van der Waals surface area contributed by atoms with Gasteiger partial charge >= 0.3 is 0 Å². The molecule has 0 bridgehead atoms. The molecule has 3 heteroatoms. The summed E-state index contributed by atoms with van der Waals surface area (Å²) < 4.78 is 0. The van der Waals surface area contributed by atoms with Gasteiger partial charge in [-0.05, 0) is 36.1 Å². The number of aromatic nitrogens is 2. The van der Waals surface area contributed by atoms with E-state index in [-0.39, 0.29) is 0 Å². The molecule has 0 aliphatic heterocycles. The summed E-state index contributed by atoms with van der Waals surface area (Å²) in [6, 6.07) is 7.92. The first kappa shape index (κ1) is 10.1. The molecule has 0 unspecified atom stereocenters. The molecule has 0 aliphatic rings. The molecule has 2 aromatic heterocycles. The average Bonchev–Trinajstić information content (AvgIpc) is 2.29. The lowest BCUT2D eigenvalue weighted by Crippen LogP contribution is -1.93. The van der Waals surface area contributed by atoms with Crippen LogP contribution in [0.4, 0.5) is 0 Å². The summed E-state index contributed by atoms with van der Waals surface area (Å²) >= 11 is 5.96. The minimum Gasteiger partial charge on any atom is -0.264 e. The van der Waals surface area contributed by atoms with Crippen LogP contribution in [0.5, 0.6) is 0 Å². The molecule has 0 radical (unpaired) electrons. The maximum Gasteiger partial charge on any atom is 0.132 e. The molecule has 0 amide bonds. The molecule has 0 atom stereocenters. The lowest BCUT2D eigenvalue weighted by Gasteiger charge is -2.02. The van der Waals surface area contributed by atoms with Crippen LogP contribution in [0.2, 0.25) is 5.15 Å². The second kappa shape index (κ2) is 4.89. The van der Waals surface area contributed by atoms with Gasteiger partial charge in [0.2, 0.25) is 0 Å². The van der Waals surface area contributed by atoms with E-state index in [0.717, 1.165) is 18.4 Å². The Morgan fingerprint density at radius 2 is 1.93 bits per heavy atom. The highest BCUT2D eigenvalue weighted by Gasteiger charge is 2.00. The van der Waals surface area contributed by atoms with E-state index in [2.05, 4.69) is 16.0 Å². The number of hydrogen-bond donors (Lipinski definition) is 0. The minimum atomic E-state index is 0.599. The van der Waals surface area contributed by atoms with E-state index in [1.807, 2.05) is 24.4 Å². The molecule has 0 aromatic carbocycles. The maximum atomic E-state index is 5.96. The Morgan fingerprint density at radius 3 is 2.67 bits per heavy atom. The third-order valence-electron chi connectivity index (χ3n) is 2.24. The van der Waals surface area contributed by atoms with Crippen molar-refractivity contribution in [2.24, 2.45) is 0 Å². The number of rotatable bonds is 3. The van der Waals surface area contributed by atoms with Crippen LogP contribution in [0.15, 0.2) is 42.9 Å². The second-order valence-corrected chi connectivity index (χ2v) is 3.67. The van der Waals surface area contributed by atoms with Crippen LogP contribution in [-0.4, -0.2) is 9.97 Å². The topological polar surface area (TPSA) is 25.8 Å². The van der Waals surface area contributed by atoms with Crippen molar-refractivity contribution in [2.45, 2.75) is 12.8 Å². The van der Waals surface area contributed by atoms with Crippen LogP contribution in [0.1, 0.15) is 11.1 Å². The molecule has 2 heterocycles. The number of pyridine rings is 2. The van der Waals surface area contributed by atoms with E-state index in [1.54, 1.807) is 12.4 Å². The van der Waals surface area contributed by atoms with Gasteiger partial charge in [-0.25, -0.2) is 4.98 Å². The fourth-order valence-electron chi connectivity index (χ4n) is 1.43. The van der Waals surface area contributed by atoms with Gasteiger partial charge in [0.25, 0.3) is 0 Å². The van der Waals surface area contributed by atoms with E-state index >= 15 is 0 Å². The first-order valence-electron chi connectivity index (χ1n) is 4.84. The SMILES string of the molecule is Clc1ncccc1CCc1cccnc1. The molecule has 0 spiro atoms. The van der Waals surface area contributed by atoms with E-state index in [9.17, 15) is 0 Å². The first-order valence-corrected chi connectivity index (χ1v) is 5.22. The van der Waals surface area contributed by atoms with Crippen LogP contribution in [0, 0.1) is 0 Å². The van der Waals surface area contributed by atoms with Gasteiger partial charge in [0.05, 0.1) is 0 Å². The van der Waals surface area contributed by atoms with Crippen LogP contribution in [-0.2, 0) is 12.8 Å². The van der Waals surface area contributed by atoms with Crippen LogP contribution < -0.4 is 0 Å². The van der Waals surface area contributed by atoms with Gasteiger partial charge in [-0.15, -0.1) is 0 Å². The summed E-state index contributed by atoms with van der Waals surface area (Å²) in [5.41, 5.74) is 2.31. The summed E-state index contributed by atoms with van der Waals surface area (Å²) in [7, 11) is 0. The van der Waals surface area contributed by atoms with Gasteiger partial charge in [0.15, 0.2) is 0 Å². The Bertz CT molecular complexity index is 429. The third kappa shape index (κ3) is 2.77. The van der Waals surface area contributed by atoms with Gasteiger partial charge in [0.1, 0.15) is 5.15 Å². The van der Waals surface area contributed by atoms with E-state index in [4.69, 9.17) is 11.6 Å². The van der Waals surface area contributed by atoms with Crippen molar-refractivity contribution in [1.82, 2.24) is 9.97 Å². The van der Waals surface area contributed by atoms with Crippen molar-refractivity contribution >= 4 is 11.6 Å². The Labute approximate surface area is 94.0 Å². The monoisotopic (exact) mass is 218 g/mol. The molecule has 15 heavy (non-hydrogen) atoms. The molecule has 0 fully saturated rings. The lowest BCUT2D eigenvalue weighted by molar-refractivity contribution is 0.941. The predicted octanol–water partition coefficient (Wildman–Crippen LogP) is 2.92. The highest BCUT2D eigenvalue weighted by molar-refractivity contribution is 6.30. The summed E-state index contributed by atoms with van der Waals surface area (Å²) in [6.07, 6.45) is 7.21. The molecule has 2 rings (SSSR count). The normalized spacial score (nSPS) is 10.2. The zero-order valence-electron chi connectivity index (χ0n) is 8.23. The largest absolute Gasteiger partial charge is 0.264 e. The summed E-state index contributed by atoms with van der Waals surface area (Å²) in [6.45, 7) is 0. The summed E-state index contributed by atoms with van der Waals surface area (Å²) in [4.78, 5) is 8.11. The van der Waals surface area contributed by atoms with Crippen molar-refractivity contribution in [1.29, 1.82) is 0 Å². The molecule has 2 aromatic rings. The Balaban J connectivity index is 2.03. The number of hydrogen-bond acceptors (Lipinski definition) is 2. The summed E-state index contributed by atoms with van der Waals surface area (Å²) in [5, 5.41) is 0.599. The number of aryl methyl sites for hydroxylation is 2. The van der Waals surface area contributed by atoms with E-state index < -0.39 is 0 Å². The third-order valence-corrected chi connectivity index (χ3v) is 2.58. The Hall–Kier alpha value is -1.41. The first-order chi connectivity index (χ1) is 7.36. The van der Waals surface area contributed by atoms with Crippen LogP contribution in [0.25, 0.3) is 0 Å². The minimum absolute atomic E-state index is 0.599. The van der Waals surface area contributed by atoms with Crippen LogP contribution >= 0.6 is 11.6 Å². The highest BCUT2D eigenvalue weighted by Crippen LogP contribution is 2.14. The molecule has 0 saturated heterocycles. The summed E-state index contributed by atoms with van der Waals surface area (Å²) in [5.74, 6) is 0. The fourth-order valence-corrected chi connectivity index (χ4v) is 1.64. The van der Waals surface area contributed by atoms with Crippen molar-refractivity contribution in [3.8, 4) is 0 Å². The van der Waals surface area contributed by atoms with E-state index in [1.165, 1.54) is 5.56 Å². The van der Waals surface area contributed by atoms with Crippen molar-refractivity contribution in [3.05, 3.63) is 59.1 Å². The fraction of sp³-hybridized carbons (Fsp3) is 0.167. The quantitative estimate of drug-likeness (QED) is 0.741. The lowest BCUT2D eigenvalue weighted by atomic mass is 10.1. The standard InChI is InChI=1S/C12H11ClN2/c13-12-11(4-2-8-15-12)6-5-10-3-1-7-14-9-10/h1-4,7-9H,5-6H2. The zero-order valence-corrected chi connectivity index (χ0v) is 8.98. The highest BCUT2D eigenvalue weighted by atomic mass is 35.5. The Morgan fingerprint density at radius 1 is 1.07 bits per heavy atom. The van der Waals surface area contributed by atoms with Gasteiger partial charge in [-0.1, -0.05) is 23.7 Å². The molecular weight excluding hydrogens is 208 g/mol. The van der Waals surface area contributed by atoms with Crippen molar-refractivity contribution in [2.75, 3.05) is 0 Å².